The molecule has 7 nitrogen and oxygen atoms in total. The van der Waals surface area contributed by atoms with Gasteiger partial charge in [0.25, 0.3) is 0 Å². The van der Waals surface area contributed by atoms with E-state index in [2.05, 4.69) is 10.6 Å². The predicted octanol–water partition coefficient (Wildman–Crippen LogP) is 1.80. The fraction of sp³-hybridized carbons (Fsp3) is 0.267. The Morgan fingerprint density at radius 2 is 2.04 bits per heavy atom. The lowest BCUT2D eigenvalue weighted by Crippen LogP contribution is -2.48. The van der Waals surface area contributed by atoms with Crippen molar-refractivity contribution in [2.24, 2.45) is 0 Å². The number of carbonyl (C=O) groups excluding carboxylic acids is 2. The first-order chi connectivity index (χ1) is 11.1. The van der Waals surface area contributed by atoms with Crippen LogP contribution >= 0.6 is 11.8 Å². The molecule has 3 rings (SSSR count). The lowest BCUT2D eigenvalue weighted by molar-refractivity contribution is -0.145. The van der Waals surface area contributed by atoms with Crippen LogP contribution in [0.3, 0.4) is 0 Å². The number of thioether (sulfide) groups is 1. The van der Waals surface area contributed by atoms with E-state index in [1.807, 2.05) is 18.2 Å². The van der Waals surface area contributed by atoms with Gasteiger partial charge in [0, 0.05) is 17.1 Å². The van der Waals surface area contributed by atoms with Crippen LogP contribution in [0.25, 0.3) is 0 Å². The maximum Gasteiger partial charge on any atom is 0.353 e. The minimum absolute atomic E-state index is 0.0570. The summed E-state index contributed by atoms with van der Waals surface area (Å²) < 4.78 is 0. The molecule has 1 saturated heterocycles. The molecule has 1 aromatic rings. The van der Waals surface area contributed by atoms with Crippen LogP contribution in [0.4, 0.5) is 10.5 Å². The number of hydrogen-bond donors (Lipinski definition) is 3. The molecule has 2 aliphatic heterocycles. The average Bonchev–Trinajstić information content (AvgIpc) is 2.81. The molecule has 1 aromatic carbocycles. The number of urea groups is 1. The maximum absolute atomic E-state index is 11.8. The van der Waals surface area contributed by atoms with E-state index in [0.717, 1.165) is 0 Å². The van der Waals surface area contributed by atoms with Gasteiger partial charge in [0.1, 0.15) is 5.70 Å². The van der Waals surface area contributed by atoms with Crippen LogP contribution in [0.15, 0.2) is 40.9 Å². The molecular formula is C15H15N3O4S. The monoisotopic (exact) mass is 333 g/mol. The topological polar surface area (TPSA) is 98.7 Å². The Labute approximate surface area is 136 Å². The highest BCUT2D eigenvalue weighted by Gasteiger charge is 2.47. The fourth-order valence-electron chi connectivity index (χ4n) is 2.49. The molecule has 0 aliphatic carbocycles. The number of nitrogens with zero attached hydrogens (tertiary/aromatic N) is 1. The predicted molar refractivity (Wildman–Crippen MR) is 85.6 cm³/mol. The first kappa shape index (κ1) is 15.4. The number of carboxylic acid groups (broad SMARTS) is 1. The largest absolute Gasteiger partial charge is 0.477 e. The molecule has 1 fully saturated rings. The molecule has 2 aliphatic rings. The molecule has 8 heteroatoms. The van der Waals surface area contributed by atoms with Gasteiger partial charge in [-0.05, 0) is 18.6 Å². The number of carboxylic acids is 1. The smallest absolute Gasteiger partial charge is 0.353 e. The summed E-state index contributed by atoms with van der Waals surface area (Å²) in [4.78, 5) is 36.5. The van der Waals surface area contributed by atoms with Gasteiger partial charge < -0.3 is 15.7 Å². The standard InChI is InChI=1S/C15H15N3O4S/c19-11-8-12-18(11)13(14(20)21)10(23-12)6-7-16-15(22)17-9-4-2-1-3-5-9/h1-5,12H,6-8H2,(H,20,21)(H2,16,17,22)/t12-/m1/s1. The van der Waals surface area contributed by atoms with E-state index in [-0.39, 0.29) is 23.0 Å². The molecule has 3 N–H and O–H groups in total. The van der Waals surface area contributed by atoms with Crippen molar-refractivity contribution >= 4 is 35.4 Å². The van der Waals surface area contributed by atoms with Crippen molar-refractivity contribution < 1.29 is 19.5 Å². The van der Waals surface area contributed by atoms with Crippen molar-refractivity contribution in [1.29, 1.82) is 0 Å². The van der Waals surface area contributed by atoms with E-state index < -0.39 is 5.97 Å². The highest BCUT2D eigenvalue weighted by molar-refractivity contribution is 8.04. The van der Waals surface area contributed by atoms with E-state index in [9.17, 15) is 19.5 Å². The molecule has 3 amide bonds. The van der Waals surface area contributed by atoms with Crippen LogP contribution < -0.4 is 10.6 Å². The zero-order valence-electron chi connectivity index (χ0n) is 12.1. The number of fused-ring (bicyclic) bond motifs is 1. The number of para-hydroxylation sites is 1. The first-order valence-corrected chi connectivity index (χ1v) is 7.99. The van der Waals surface area contributed by atoms with E-state index in [1.165, 1.54) is 16.7 Å². The van der Waals surface area contributed by atoms with Gasteiger partial charge in [0.05, 0.1) is 11.8 Å². The Balaban J connectivity index is 1.54. The van der Waals surface area contributed by atoms with Crippen LogP contribution in [-0.4, -0.2) is 39.8 Å². The second-order valence-electron chi connectivity index (χ2n) is 5.11. The van der Waals surface area contributed by atoms with E-state index >= 15 is 0 Å². The number of β-lactam (4-membered cyclic amide) rings is 1. The van der Waals surface area contributed by atoms with Crippen LogP contribution in [0.1, 0.15) is 12.8 Å². The van der Waals surface area contributed by atoms with Gasteiger partial charge in [-0.3, -0.25) is 9.69 Å². The van der Waals surface area contributed by atoms with Crippen molar-refractivity contribution in [3.63, 3.8) is 0 Å². The van der Waals surface area contributed by atoms with Gasteiger partial charge in [-0.2, -0.15) is 0 Å². The summed E-state index contributed by atoms with van der Waals surface area (Å²) in [7, 11) is 0. The van der Waals surface area contributed by atoms with Crippen LogP contribution in [0.5, 0.6) is 0 Å². The number of benzene rings is 1. The lowest BCUT2D eigenvalue weighted by atomic mass is 10.1. The number of hydrogen-bond acceptors (Lipinski definition) is 4. The zero-order valence-corrected chi connectivity index (χ0v) is 12.9. The molecule has 0 bridgehead atoms. The molecule has 0 unspecified atom stereocenters. The molecule has 1 atom stereocenters. The number of amides is 3. The molecular weight excluding hydrogens is 318 g/mol. The molecule has 23 heavy (non-hydrogen) atoms. The summed E-state index contributed by atoms with van der Waals surface area (Å²) in [5, 5.41) is 14.5. The maximum atomic E-state index is 11.8. The molecule has 0 spiro atoms. The molecule has 120 valence electrons. The van der Waals surface area contributed by atoms with E-state index in [4.69, 9.17) is 0 Å². The summed E-state index contributed by atoms with van der Waals surface area (Å²) in [5.41, 5.74) is 0.738. The third kappa shape index (κ3) is 3.16. The molecule has 0 saturated carbocycles. The Morgan fingerprint density at radius 3 is 2.70 bits per heavy atom. The van der Waals surface area contributed by atoms with Gasteiger partial charge in [-0.15, -0.1) is 11.8 Å². The summed E-state index contributed by atoms with van der Waals surface area (Å²) >= 11 is 1.39. The molecule has 2 heterocycles. The highest BCUT2D eigenvalue weighted by atomic mass is 32.2. The van der Waals surface area contributed by atoms with Gasteiger partial charge in [-0.25, -0.2) is 9.59 Å². The second kappa shape index (κ2) is 6.33. The summed E-state index contributed by atoms with van der Waals surface area (Å²) in [6.07, 6.45) is 0.752. The van der Waals surface area contributed by atoms with Crippen LogP contribution in [0.2, 0.25) is 0 Å². The minimum atomic E-state index is -1.10. The second-order valence-corrected chi connectivity index (χ2v) is 6.39. The van der Waals surface area contributed by atoms with Crippen molar-refractivity contribution in [3.8, 4) is 0 Å². The SMILES string of the molecule is O=C(NCCC1=C(C(=O)O)N2C(=O)C[C@H]2S1)Nc1ccccc1. The summed E-state index contributed by atoms with van der Waals surface area (Å²) in [6, 6.07) is 8.68. The number of anilines is 1. The number of nitrogens with one attached hydrogen (secondary N) is 2. The molecule has 0 radical (unpaired) electrons. The Morgan fingerprint density at radius 1 is 1.30 bits per heavy atom. The average molecular weight is 333 g/mol. The summed E-state index contributed by atoms with van der Waals surface area (Å²) in [6.45, 7) is 0.298. The van der Waals surface area contributed by atoms with Crippen molar-refractivity contribution in [2.45, 2.75) is 18.2 Å². The molecule has 0 aromatic heterocycles. The lowest BCUT2D eigenvalue weighted by Gasteiger charge is -2.33. The normalized spacial score (nSPS) is 19.2. The minimum Gasteiger partial charge on any atom is -0.477 e. The van der Waals surface area contributed by atoms with Crippen molar-refractivity contribution in [1.82, 2.24) is 10.2 Å². The first-order valence-electron chi connectivity index (χ1n) is 7.11. The van der Waals surface area contributed by atoms with Crippen molar-refractivity contribution in [3.05, 3.63) is 40.9 Å². The Kier molecular flexibility index (Phi) is 4.24. The van der Waals surface area contributed by atoms with Gasteiger partial charge in [0.2, 0.25) is 5.91 Å². The van der Waals surface area contributed by atoms with Gasteiger partial charge >= 0.3 is 12.0 Å². The summed E-state index contributed by atoms with van der Waals surface area (Å²) in [5.74, 6) is -1.26. The van der Waals surface area contributed by atoms with Crippen LogP contribution in [0, 0.1) is 0 Å². The number of aliphatic carboxylic acids is 1. The fourth-order valence-corrected chi connectivity index (χ4v) is 3.89. The third-order valence-corrected chi connectivity index (χ3v) is 4.89. The third-order valence-electron chi connectivity index (χ3n) is 3.56. The zero-order chi connectivity index (χ0) is 16.4. The van der Waals surface area contributed by atoms with Crippen molar-refractivity contribution in [2.75, 3.05) is 11.9 Å². The van der Waals surface area contributed by atoms with Gasteiger partial charge in [0.15, 0.2) is 0 Å². The Hall–Kier alpha value is -2.48. The van der Waals surface area contributed by atoms with Gasteiger partial charge in [-0.1, -0.05) is 18.2 Å². The Bertz CT molecular complexity index is 689. The van der Waals surface area contributed by atoms with E-state index in [1.54, 1.807) is 12.1 Å². The van der Waals surface area contributed by atoms with E-state index in [0.29, 0.717) is 30.0 Å². The number of rotatable bonds is 5. The quantitative estimate of drug-likeness (QED) is 0.714. The van der Waals surface area contributed by atoms with Crippen LogP contribution in [-0.2, 0) is 9.59 Å². The highest BCUT2D eigenvalue weighted by Crippen LogP contribution is 2.47. The number of carbonyl (C=O) groups is 3.